The van der Waals surface area contributed by atoms with Crippen molar-refractivity contribution in [1.82, 2.24) is 10.2 Å². The number of hydrogen-bond acceptors (Lipinski definition) is 4. The summed E-state index contributed by atoms with van der Waals surface area (Å²) in [6.45, 7) is 3.19. The minimum absolute atomic E-state index is 0.0130. The Bertz CT molecular complexity index is 1720. The molecule has 0 aliphatic rings. The molecule has 7 nitrogen and oxygen atoms in total. The molecule has 230 valence electrons. The maximum absolute atomic E-state index is 14.5. The van der Waals surface area contributed by atoms with E-state index in [0.717, 1.165) is 9.87 Å². The highest BCUT2D eigenvalue weighted by Crippen LogP contribution is 2.30. The maximum Gasteiger partial charge on any atom is 0.264 e. The first-order valence-electron chi connectivity index (χ1n) is 13.9. The van der Waals surface area contributed by atoms with Crippen molar-refractivity contribution in [2.24, 2.45) is 0 Å². The first-order valence-corrected chi connectivity index (χ1v) is 16.5. The Morgan fingerprint density at radius 1 is 0.841 bits per heavy atom. The van der Waals surface area contributed by atoms with Crippen LogP contribution in [-0.2, 0) is 32.6 Å². The number of aryl methyl sites for hydroxylation is 1. The normalized spacial score (nSPS) is 11.9. The second kappa shape index (κ2) is 14.9. The van der Waals surface area contributed by atoms with E-state index in [1.165, 1.54) is 17.0 Å². The molecular formula is C33H32Cl3N3O4S. The van der Waals surface area contributed by atoms with Gasteiger partial charge in [-0.2, -0.15) is 0 Å². The highest BCUT2D eigenvalue weighted by molar-refractivity contribution is 7.92. The van der Waals surface area contributed by atoms with Crippen LogP contribution in [0.3, 0.4) is 0 Å². The lowest BCUT2D eigenvalue weighted by Crippen LogP contribution is -2.53. The molecule has 0 saturated carbocycles. The van der Waals surface area contributed by atoms with Gasteiger partial charge in [0.1, 0.15) is 12.6 Å². The number of nitrogens with zero attached hydrogens (tertiary/aromatic N) is 2. The summed E-state index contributed by atoms with van der Waals surface area (Å²) >= 11 is 18.9. The number of benzene rings is 4. The molecule has 0 aliphatic heterocycles. The predicted octanol–water partition coefficient (Wildman–Crippen LogP) is 6.93. The first-order chi connectivity index (χ1) is 21.0. The molecule has 0 aromatic heterocycles. The van der Waals surface area contributed by atoms with Crippen LogP contribution in [0.15, 0.2) is 102 Å². The Hall–Kier alpha value is -3.56. The first kappa shape index (κ1) is 33.3. The van der Waals surface area contributed by atoms with Crippen molar-refractivity contribution in [3.05, 3.63) is 129 Å². The van der Waals surface area contributed by atoms with Crippen LogP contribution < -0.4 is 9.62 Å². The molecular weight excluding hydrogens is 641 g/mol. The second-order valence-electron chi connectivity index (χ2n) is 10.1. The zero-order chi connectivity index (χ0) is 31.9. The number of nitrogens with one attached hydrogen (secondary N) is 1. The van der Waals surface area contributed by atoms with Crippen molar-refractivity contribution >= 4 is 62.3 Å². The van der Waals surface area contributed by atoms with Gasteiger partial charge >= 0.3 is 0 Å². The van der Waals surface area contributed by atoms with E-state index < -0.39 is 28.5 Å². The molecule has 0 fully saturated rings. The Morgan fingerprint density at radius 2 is 1.45 bits per heavy atom. The van der Waals surface area contributed by atoms with E-state index >= 15 is 0 Å². The fraction of sp³-hybridized carbons (Fsp3) is 0.212. The molecule has 0 unspecified atom stereocenters. The van der Waals surface area contributed by atoms with E-state index in [4.69, 9.17) is 34.8 Å². The summed E-state index contributed by atoms with van der Waals surface area (Å²) < 4.78 is 29.2. The third-order valence-electron chi connectivity index (χ3n) is 7.02. The number of hydrogen-bond donors (Lipinski definition) is 1. The standard InChI is InChI=1S/C33H32Cl3N3O4S/c1-3-37-33(41)31(19-24-10-6-4-7-11-24)38(21-25-14-15-27(35)20-29(25)36)32(40)22-39(30-17-16-26(34)18-23(30)2)44(42,43)28-12-8-5-9-13-28/h4-18,20,31H,3,19,21-22H2,1-2H3,(H,37,41)/t31-/m1/s1. The van der Waals surface area contributed by atoms with Crippen LogP contribution in [0.25, 0.3) is 0 Å². The van der Waals surface area contributed by atoms with E-state index in [9.17, 15) is 18.0 Å². The van der Waals surface area contributed by atoms with Gasteiger partial charge in [-0.25, -0.2) is 8.42 Å². The van der Waals surface area contributed by atoms with Crippen molar-refractivity contribution < 1.29 is 18.0 Å². The lowest BCUT2D eigenvalue weighted by molar-refractivity contribution is -0.140. The topological polar surface area (TPSA) is 86.8 Å². The number of halogens is 3. The van der Waals surface area contributed by atoms with E-state index in [2.05, 4.69) is 5.32 Å². The molecule has 0 radical (unpaired) electrons. The van der Waals surface area contributed by atoms with Crippen LogP contribution in [0.5, 0.6) is 0 Å². The van der Waals surface area contributed by atoms with Gasteiger partial charge in [-0.1, -0.05) is 89.4 Å². The molecule has 0 heterocycles. The van der Waals surface area contributed by atoms with E-state index in [1.807, 2.05) is 30.3 Å². The molecule has 0 spiro atoms. The Morgan fingerprint density at radius 3 is 2.07 bits per heavy atom. The minimum Gasteiger partial charge on any atom is -0.355 e. The summed E-state index contributed by atoms with van der Waals surface area (Å²) in [5.41, 5.74) is 2.22. The summed E-state index contributed by atoms with van der Waals surface area (Å²) in [4.78, 5) is 29.4. The van der Waals surface area contributed by atoms with Crippen LogP contribution >= 0.6 is 34.8 Å². The Labute approximate surface area is 273 Å². The lowest BCUT2D eigenvalue weighted by Gasteiger charge is -2.34. The van der Waals surface area contributed by atoms with Gasteiger partial charge in [0, 0.05) is 34.6 Å². The van der Waals surface area contributed by atoms with Crippen molar-refractivity contribution in [3.8, 4) is 0 Å². The molecule has 2 amide bonds. The number of rotatable bonds is 12. The van der Waals surface area contributed by atoms with Gasteiger partial charge in [-0.05, 0) is 73.0 Å². The number of likely N-dealkylation sites (N-methyl/N-ethyl adjacent to an activating group) is 1. The van der Waals surface area contributed by atoms with E-state index in [-0.39, 0.29) is 29.5 Å². The number of amides is 2. The number of sulfonamides is 1. The molecule has 4 aromatic rings. The number of carbonyl (C=O) groups excluding carboxylic acids is 2. The molecule has 0 bridgehead atoms. The summed E-state index contributed by atoms with van der Waals surface area (Å²) in [7, 11) is -4.22. The van der Waals surface area contributed by atoms with Crippen LogP contribution in [-0.4, -0.2) is 44.3 Å². The predicted molar refractivity (Wildman–Crippen MR) is 177 cm³/mol. The SMILES string of the molecule is CCNC(=O)[C@@H](Cc1ccccc1)N(Cc1ccc(Cl)cc1Cl)C(=O)CN(c1ccc(Cl)cc1C)S(=O)(=O)c1ccccc1. The van der Waals surface area contributed by atoms with Crippen LogP contribution in [0, 0.1) is 6.92 Å². The molecule has 0 aliphatic carbocycles. The quantitative estimate of drug-likeness (QED) is 0.177. The van der Waals surface area contributed by atoms with E-state index in [0.29, 0.717) is 32.7 Å². The van der Waals surface area contributed by atoms with Gasteiger partial charge in [0.05, 0.1) is 10.6 Å². The molecule has 1 atom stereocenters. The highest BCUT2D eigenvalue weighted by atomic mass is 35.5. The molecule has 4 rings (SSSR count). The average molecular weight is 673 g/mol. The lowest BCUT2D eigenvalue weighted by atomic mass is 10.0. The fourth-order valence-corrected chi connectivity index (χ4v) is 7.01. The maximum atomic E-state index is 14.5. The fourth-order valence-electron chi connectivity index (χ4n) is 4.81. The smallest absolute Gasteiger partial charge is 0.264 e. The van der Waals surface area contributed by atoms with Crippen molar-refractivity contribution in [2.45, 2.75) is 37.8 Å². The molecule has 4 aromatic carbocycles. The second-order valence-corrected chi connectivity index (χ2v) is 13.3. The highest BCUT2D eigenvalue weighted by Gasteiger charge is 2.35. The van der Waals surface area contributed by atoms with E-state index in [1.54, 1.807) is 68.4 Å². The van der Waals surface area contributed by atoms with Gasteiger partial charge in [-0.3, -0.25) is 13.9 Å². The third kappa shape index (κ3) is 8.12. The Balaban J connectivity index is 1.83. The summed E-state index contributed by atoms with van der Waals surface area (Å²) in [5.74, 6) is -0.980. The number of anilines is 1. The largest absolute Gasteiger partial charge is 0.355 e. The van der Waals surface area contributed by atoms with Gasteiger partial charge < -0.3 is 10.2 Å². The van der Waals surface area contributed by atoms with Gasteiger partial charge in [0.25, 0.3) is 10.0 Å². The zero-order valence-electron chi connectivity index (χ0n) is 24.2. The minimum atomic E-state index is -4.22. The monoisotopic (exact) mass is 671 g/mol. The van der Waals surface area contributed by atoms with Crippen molar-refractivity contribution in [3.63, 3.8) is 0 Å². The van der Waals surface area contributed by atoms with Crippen LogP contribution in [0.4, 0.5) is 5.69 Å². The molecule has 1 N–H and O–H groups in total. The number of carbonyl (C=O) groups is 2. The summed E-state index contributed by atoms with van der Waals surface area (Å²) in [6.07, 6.45) is 0.190. The van der Waals surface area contributed by atoms with Crippen LogP contribution in [0.1, 0.15) is 23.6 Å². The average Bonchev–Trinajstić information content (AvgIpc) is 3.00. The zero-order valence-corrected chi connectivity index (χ0v) is 27.3. The van der Waals surface area contributed by atoms with Gasteiger partial charge in [-0.15, -0.1) is 0 Å². The van der Waals surface area contributed by atoms with Crippen LogP contribution in [0.2, 0.25) is 15.1 Å². The molecule has 11 heteroatoms. The van der Waals surface area contributed by atoms with Crippen molar-refractivity contribution in [1.29, 1.82) is 0 Å². The summed E-state index contributed by atoms with van der Waals surface area (Å²) in [5, 5.41) is 3.99. The third-order valence-corrected chi connectivity index (χ3v) is 9.61. The summed E-state index contributed by atoms with van der Waals surface area (Å²) in [6, 6.07) is 25.8. The van der Waals surface area contributed by atoms with Gasteiger partial charge in [0.2, 0.25) is 11.8 Å². The van der Waals surface area contributed by atoms with Crippen molar-refractivity contribution in [2.75, 3.05) is 17.4 Å². The van der Waals surface area contributed by atoms with Gasteiger partial charge in [0.15, 0.2) is 0 Å². The molecule has 44 heavy (non-hydrogen) atoms. The molecule has 0 saturated heterocycles. The Kier molecular flexibility index (Phi) is 11.3.